The summed E-state index contributed by atoms with van der Waals surface area (Å²) in [4.78, 5) is 35.7. The van der Waals surface area contributed by atoms with Crippen molar-refractivity contribution in [2.24, 2.45) is 0 Å². The highest BCUT2D eigenvalue weighted by molar-refractivity contribution is 5.99. The fraction of sp³-hybridized carbons (Fsp3) is 0.211. The first-order valence-electron chi connectivity index (χ1n) is 7.80. The van der Waals surface area contributed by atoms with Crippen LogP contribution in [0.4, 0.5) is 0 Å². The number of hydrogen-bond acceptors (Lipinski definition) is 6. The number of ether oxygens (including phenoxy) is 3. The first-order chi connectivity index (χ1) is 12.1. The van der Waals surface area contributed by atoms with Crippen molar-refractivity contribution in [3.8, 4) is 11.5 Å². The Hall–Kier alpha value is -3.15. The van der Waals surface area contributed by atoms with E-state index in [-0.39, 0.29) is 37.8 Å². The third-order valence-corrected chi connectivity index (χ3v) is 3.71. The molecular formula is C19H16O6. The molecule has 0 unspecified atom stereocenters. The minimum absolute atomic E-state index is 0.0427. The molecule has 3 rings (SSSR count). The highest BCUT2D eigenvalue weighted by Crippen LogP contribution is 2.32. The predicted molar refractivity (Wildman–Crippen MR) is 87.9 cm³/mol. The molecule has 0 atom stereocenters. The second-order valence-electron chi connectivity index (χ2n) is 5.44. The summed E-state index contributed by atoms with van der Waals surface area (Å²) in [6, 6.07) is 13.5. The molecule has 0 radical (unpaired) electrons. The molecule has 0 N–H and O–H groups in total. The Kier molecular flexibility index (Phi) is 5.09. The smallest absolute Gasteiger partial charge is 0.306 e. The van der Waals surface area contributed by atoms with Crippen LogP contribution in [0, 0.1) is 0 Å². The van der Waals surface area contributed by atoms with E-state index in [4.69, 9.17) is 14.2 Å². The molecule has 1 aliphatic rings. The van der Waals surface area contributed by atoms with Gasteiger partial charge in [-0.25, -0.2) is 0 Å². The molecule has 25 heavy (non-hydrogen) atoms. The predicted octanol–water partition coefficient (Wildman–Crippen LogP) is 2.80. The Morgan fingerprint density at radius 2 is 1.60 bits per heavy atom. The van der Waals surface area contributed by atoms with Gasteiger partial charge in [-0.1, -0.05) is 30.3 Å². The molecule has 2 aromatic carbocycles. The molecule has 0 spiro atoms. The van der Waals surface area contributed by atoms with Gasteiger partial charge >= 0.3 is 5.97 Å². The second kappa shape index (κ2) is 7.61. The minimum atomic E-state index is -0.585. The average Bonchev–Trinajstić information content (AvgIpc) is 3.12. The van der Waals surface area contributed by atoms with Gasteiger partial charge < -0.3 is 14.2 Å². The van der Waals surface area contributed by atoms with E-state index in [0.29, 0.717) is 22.6 Å². The molecule has 2 aromatic rings. The number of esters is 1. The molecule has 0 aliphatic carbocycles. The normalized spacial score (nSPS) is 11.8. The third-order valence-electron chi connectivity index (χ3n) is 3.71. The molecule has 0 bridgehead atoms. The van der Waals surface area contributed by atoms with Crippen LogP contribution in [0.3, 0.4) is 0 Å². The van der Waals surface area contributed by atoms with E-state index in [9.17, 15) is 14.4 Å². The van der Waals surface area contributed by atoms with E-state index >= 15 is 0 Å². The molecule has 6 heteroatoms. The lowest BCUT2D eigenvalue weighted by atomic mass is 10.1. The summed E-state index contributed by atoms with van der Waals surface area (Å²) in [5.41, 5.74) is 0.921. The number of Topliss-reactive ketones (excluding diaryl/α,β-unsaturated/α-hetero) is 2. The molecule has 128 valence electrons. The zero-order chi connectivity index (χ0) is 17.6. The van der Waals surface area contributed by atoms with Crippen molar-refractivity contribution in [2.75, 3.05) is 13.4 Å². The van der Waals surface area contributed by atoms with E-state index in [1.54, 1.807) is 42.5 Å². The quantitative estimate of drug-likeness (QED) is 0.570. The van der Waals surface area contributed by atoms with Crippen molar-refractivity contribution in [1.82, 2.24) is 0 Å². The van der Waals surface area contributed by atoms with Crippen molar-refractivity contribution in [1.29, 1.82) is 0 Å². The van der Waals surface area contributed by atoms with Crippen LogP contribution in [0.25, 0.3) is 0 Å². The number of hydrogen-bond donors (Lipinski definition) is 0. The van der Waals surface area contributed by atoms with Crippen LogP contribution in [-0.2, 0) is 9.53 Å². The summed E-state index contributed by atoms with van der Waals surface area (Å²) >= 11 is 0. The Labute approximate surface area is 144 Å². The molecule has 1 aliphatic heterocycles. The Morgan fingerprint density at radius 3 is 2.40 bits per heavy atom. The molecule has 0 saturated heterocycles. The summed E-state index contributed by atoms with van der Waals surface area (Å²) in [6.07, 6.45) is -0.0246. The number of rotatable bonds is 7. The van der Waals surface area contributed by atoms with Gasteiger partial charge in [0.15, 0.2) is 29.7 Å². The van der Waals surface area contributed by atoms with Crippen LogP contribution < -0.4 is 9.47 Å². The van der Waals surface area contributed by atoms with Gasteiger partial charge in [0.25, 0.3) is 0 Å². The Balaban J connectivity index is 1.46. The van der Waals surface area contributed by atoms with Crippen molar-refractivity contribution >= 4 is 17.5 Å². The van der Waals surface area contributed by atoms with Gasteiger partial charge in [-0.05, 0) is 18.2 Å². The van der Waals surface area contributed by atoms with Crippen LogP contribution >= 0.6 is 0 Å². The van der Waals surface area contributed by atoms with E-state index in [2.05, 4.69) is 0 Å². The summed E-state index contributed by atoms with van der Waals surface area (Å²) in [5.74, 6) is -0.00217. The van der Waals surface area contributed by atoms with Crippen LogP contribution in [0.2, 0.25) is 0 Å². The molecule has 6 nitrogen and oxygen atoms in total. The highest BCUT2D eigenvalue weighted by Gasteiger charge is 2.17. The van der Waals surface area contributed by atoms with Gasteiger partial charge in [0.1, 0.15) is 0 Å². The highest BCUT2D eigenvalue weighted by atomic mass is 16.7. The summed E-state index contributed by atoms with van der Waals surface area (Å²) in [7, 11) is 0. The van der Waals surface area contributed by atoms with Crippen LogP contribution in [0.15, 0.2) is 48.5 Å². The molecule has 0 fully saturated rings. The fourth-order valence-electron chi connectivity index (χ4n) is 2.36. The second-order valence-corrected chi connectivity index (χ2v) is 5.44. The number of benzene rings is 2. The lowest BCUT2D eigenvalue weighted by molar-refractivity contribution is -0.142. The number of carbonyl (C=O) groups excluding carboxylic acids is 3. The van der Waals surface area contributed by atoms with Gasteiger partial charge in [-0.15, -0.1) is 0 Å². The van der Waals surface area contributed by atoms with E-state index in [0.717, 1.165) is 0 Å². The number of fused-ring (bicyclic) bond motifs is 1. The topological polar surface area (TPSA) is 78.9 Å². The van der Waals surface area contributed by atoms with Crippen molar-refractivity contribution in [3.05, 3.63) is 59.7 Å². The SMILES string of the molecule is O=C(CCC(=O)c1ccccc1)OCC(=O)c1ccc2c(c1)OCO2. The van der Waals surface area contributed by atoms with E-state index in [1.807, 2.05) is 6.07 Å². The Morgan fingerprint density at radius 1 is 0.840 bits per heavy atom. The maximum atomic E-state index is 12.1. The van der Waals surface area contributed by atoms with Gasteiger partial charge in [0.05, 0.1) is 6.42 Å². The molecule has 0 saturated carbocycles. The maximum absolute atomic E-state index is 12.1. The first-order valence-corrected chi connectivity index (χ1v) is 7.80. The van der Waals surface area contributed by atoms with Gasteiger partial charge in [0.2, 0.25) is 6.79 Å². The molecule has 0 aromatic heterocycles. The molecule has 0 amide bonds. The van der Waals surface area contributed by atoms with Gasteiger partial charge in [0, 0.05) is 17.5 Å². The van der Waals surface area contributed by atoms with Gasteiger partial charge in [-0.2, -0.15) is 0 Å². The van der Waals surface area contributed by atoms with Crippen molar-refractivity contribution < 1.29 is 28.6 Å². The summed E-state index contributed by atoms with van der Waals surface area (Å²) < 4.78 is 15.3. The lowest BCUT2D eigenvalue weighted by Gasteiger charge is -2.05. The number of carbonyl (C=O) groups is 3. The Bertz CT molecular complexity index is 797. The maximum Gasteiger partial charge on any atom is 0.306 e. The monoisotopic (exact) mass is 340 g/mol. The number of ketones is 2. The molecular weight excluding hydrogens is 324 g/mol. The third kappa shape index (κ3) is 4.23. The fourth-order valence-corrected chi connectivity index (χ4v) is 2.36. The van der Waals surface area contributed by atoms with E-state index in [1.165, 1.54) is 0 Å². The zero-order valence-corrected chi connectivity index (χ0v) is 13.4. The average molecular weight is 340 g/mol. The summed E-state index contributed by atoms with van der Waals surface area (Å²) in [5, 5.41) is 0. The van der Waals surface area contributed by atoms with Crippen molar-refractivity contribution in [2.45, 2.75) is 12.8 Å². The standard InChI is InChI=1S/C19H16O6/c20-15(13-4-2-1-3-5-13)7-9-19(22)23-11-16(21)14-6-8-17-18(10-14)25-12-24-17/h1-6,8,10H,7,9,11-12H2. The first kappa shape index (κ1) is 16.7. The van der Waals surface area contributed by atoms with Crippen LogP contribution in [0.5, 0.6) is 11.5 Å². The minimum Gasteiger partial charge on any atom is -0.457 e. The van der Waals surface area contributed by atoms with Crippen LogP contribution in [-0.4, -0.2) is 30.9 Å². The van der Waals surface area contributed by atoms with Crippen molar-refractivity contribution in [3.63, 3.8) is 0 Å². The zero-order valence-electron chi connectivity index (χ0n) is 13.4. The largest absolute Gasteiger partial charge is 0.457 e. The van der Waals surface area contributed by atoms with E-state index < -0.39 is 5.97 Å². The summed E-state index contributed by atoms with van der Waals surface area (Å²) in [6.45, 7) is -0.255. The van der Waals surface area contributed by atoms with Crippen LogP contribution in [0.1, 0.15) is 33.6 Å². The lowest BCUT2D eigenvalue weighted by Crippen LogP contribution is -2.15. The van der Waals surface area contributed by atoms with Gasteiger partial charge in [-0.3, -0.25) is 14.4 Å². The molecule has 1 heterocycles.